The second kappa shape index (κ2) is 5.34. The fourth-order valence-electron chi connectivity index (χ4n) is 1.92. The molecule has 104 valence electrons. The maximum absolute atomic E-state index is 11.2. The third-order valence-corrected chi connectivity index (χ3v) is 3.06. The van der Waals surface area contributed by atoms with Crippen LogP contribution in [0.4, 0.5) is 0 Å². The average molecular weight is 301 g/mol. The highest BCUT2D eigenvalue weighted by molar-refractivity contribution is 6.30. The normalized spacial score (nSPS) is 10.5. The number of aromatic nitrogens is 4. The third-order valence-electron chi connectivity index (χ3n) is 2.82. The fourth-order valence-corrected chi connectivity index (χ4v) is 2.11. The van der Waals surface area contributed by atoms with Crippen LogP contribution in [-0.4, -0.2) is 31.1 Å². The number of aromatic carboxylic acids is 1. The van der Waals surface area contributed by atoms with Crippen molar-refractivity contribution in [3.63, 3.8) is 0 Å². The number of carboxylic acids is 1. The van der Waals surface area contributed by atoms with Crippen molar-refractivity contribution in [2.45, 2.75) is 0 Å². The zero-order valence-corrected chi connectivity index (χ0v) is 11.4. The fraction of sp³-hybridized carbons (Fsp3) is 0. The van der Waals surface area contributed by atoms with Gasteiger partial charge in [-0.2, -0.15) is 10.2 Å². The van der Waals surface area contributed by atoms with Gasteiger partial charge in [-0.05, 0) is 30.3 Å². The van der Waals surface area contributed by atoms with E-state index < -0.39 is 5.97 Å². The zero-order chi connectivity index (χ0) is 14.8. The van der Waals surface area contributed by atoms with Gasteiger partial charge >= 0.3 is 5.97 Å². The van der Waals surface area contributed by atoms with Gasteiger partial charge in [0.2, 0.25) is 0 Å². The molecule has 7 heteroatoms. The highest BCUT2D eigenvalue weighted by Gasteiger charge is 2.16. The summed E-state index contributed by atoms with van der Waals surface area (Å²) in [5, 5.41) is 21.5. The second-order valence-corrected chi connectivity index (χ2v) is 4.66. The Morgan fingerprint density at radius 3 is 2.71 bits per heavy atom. The first-order chi connectivity index (χ1) is 10.1. The predicted octanol–water partition coefficient (Wildman–Crippen LogP) is 2.68. The Labute approximate surface area is 124 Å². The molecule has 2 heterocycles. The van der Waals surface area contributed by atoms with E-state index in [2.05, 4.69) is 15.3 Å². The minimum atomic E-state index is -1.11. The first-order valence-electron chi connectivity index (χ1n) is 6.02. The first-order valence-corrected chi connectivity index (χ1v) is 6.40. The maximum Gasteiger partial charge on any atom is 0.356 e. The van der Waals surface area contributed by atoms with E-state index in [-0.39, 0.29) is 5.69 Å². The molecular weight excluding hydrogens is 292 g/mol. The minimum Gasteiger partial charge on any atom is -0.476 e. The van der Waals surface area contributed by atoms with Crippen LogP contribution in [0.3, 0.4) is 0 Å². The molecule has 0 amide bonds. The van der Waals surface area contributed by atoms with Crippen molar-refractivity contribution in [3.05, 3.63) is 59.4 Å². The number of carboxylic acid groups (broad SMARTS) is 1. The van der Waals surface area contributed by atoms with Crippen LogP contribution < -0.4 is 0 Å². The Balaban J connectivity index is 2.21. The molecule has 0 bridgehead atoms. The summed E-state index contributed by atoms with van der Waals surface area (Å²) in [6, 6.07) is 11.9. The summed E-state index contributed by atoms with van der Waals surface area (Å²) in [6.45, 7) is 0. The van der Waals surface area contributed by atoms with Crippen LogP contribution in [-0.2, 0) is 0 Å². The summed E-state index contributed by atoms with van der Waals surface area (Å²) in [4.78, 5) is 11.2. The van der Waals surface area contributed by atoms with E-state index >= 15 is 0 Å². The van der Waals surface area contributed by atoms with Crippen molar-refractivity contribution < 1.29 is 9.90 Å². The Morgan fingerprint density at radius 1 is 1.19 bits per heavy atom. The number of hydrogen-bond acceptors (Lipinski definition) is 4. The van der Waals surface area contributed by atoms with Gasteiger partial charge in [-0.1, -0.05) is 23.7 Å². The van der Waals surface area contributed by atoms with Gasteiger partial charge in [0.05, 0.1) is 5.69 Å². The molecule has 0 aliphatic heterocycles. The molecule has 1 aromatic carbocycles. The molecule has 21 heavy (non-hydrogen) atoms. The summed E-state index contributed by atoms with van der Waals surface area (Å²) in [6.07, 6.45) is 1.53. The summed E-state index contributed by atoms with van der Waals surface area (Å²) < 4.78 is 1.43. The Bertz CT molecular complexity index is 802. The number of benzene rings is 1. The topological polar surface area (TPSA) is 80.9 Å². The molecule has 0 radical (unpaired) electrons. The van der Waals surface area contributed by atoms with Gasteiger partial charge in [-0.25, -0.2) is 9.48 Å². The van der Waals surface area contributed by atoms with E-state index in [0.717, 1.165) is 5.56 Å². The maximum atomic E-state index is 11.2. The average Bonchev–Trinajstić information content (AvgIpc) is 2.93. The van der Waals surface area contributed by atoms with Gasteiger partial charge in [0.15, 0.2) is 11.5 Å². The van der Waals surface area contributed by atoms with E-state index in [0.29, 0.717) is 16.5 Å². The molecule has 0 saturated carbocycles. The molecular formula is C14H9ClN4O2. The van der Waals surface area contributed by atoms with Gasteiger partial charge < -0.3 is 5.11 Å². The number of rotatable bonds is 3. The largest absolute Gasteiger partial charge is 0.476 e. The highest BCUT2D eigenvalue weighted by atomic mass is 35.5. The van der Waals surface area contributed by atoms with E-state index in [4.69, 9.17) is 16.7 Å². The SMILES string of the molecule is O=C(O)c1cc(-c2cccc(Cl)c2)n(-c2cccnn2)n1. The standard InChI is InChI=1S/C14H9ClN4O2/c15-10-4-1-3-9(7-10)12-8-11(14(20)21)18-19(12)13-5-2-6-16-17-13/h1-8H,(H,20,21). The second-order valence-electron chi connectivity index (χ2n) is 4.22. The van der Waals surface area contributed by atoms with Crippen molar-refractivity contribution in [1.82, 2.24) is 20.0 Å². The van der Waals surface area contributed by atoms with Crippen LogP contribution in [0.5, 0.6) is 0 Å². The van der Waals surface area contributed by atoms with Crippen molar-refractivity contribution in [2.75, 3.05) is 0 Å². The van der Waals surface area contributed by atoms with Gasteiger partial charge in [0, 0.05) is 16.8 Å². The van der Waals surface area contributed by atoms with Gasteiger partial charge in [-0.3, -0.25) is 0 Å². The van der Waals surface area contributed by atoms with Crippen LogP contribution >= 0.6 is 11.6 Å². The van der Waals surface area contributed by atoms with Crippen LogP contribution in [0.25, 0.3) is 17.1 Å². The van der Waals surface area contributed by atoms with Gasteiger partial charge in [0.25, 0.3) is 0 Å². The van der Waals surface area contributed by atoms with Crippen molar-refractivity contribution >= 4 is 17.6 Å². The van der Waals surface area contributed by atoms with Crippen LogP contribution in [0.15, 0.2) is 48.7 Å². The lowest BCUT2D eigenvalue weighted by Gasteiger charge is -2.05. The molecule has 6 nitrogen and oxygen atoms in total. The first kappa shape index (κ1) is 13.3. The molecule has 0 spiro atoms. The van der Waals surface area contributed by atoms with Crippen molar-refractivity contribution in [1.29, 1.82) is 0 Å². The number of nitrogens with zero attached hydrogens (tertiary/aromatic N) is 4. The lowest BCUT2D eigenvalue weighted by molar-refractivity contribution is 0.0690. The van der Waals surface area contributed by atoms with Crippen molar-refractivity contribution in [2.24, 2.45) is 0 Å². The number of hydrogen-bond donors (Lipinski definition) is 1. The van der Waals surface area contributed by atoms with Crippen LogP contribution in [0, 0.1) is 0 Å². The summed E-state index contributed by atoms with van der Waals surface area (Å²) in [5.41, 5.74) is 1.25. The van der Waals surface area contributed by atoms with Gasteiger partial charge in [0.1, 0.15) is 0 Å². The van der Waals surface area contributed by atoms with E-state index in [1.807, 2.05) is 6.07 Å². The molecule has 0 unspecified atom stereocenters. The molecule has 3 aromatic rings. The Morgan fingerprint density at radius 2 is 2.05 bits per heavy atom. The minimum absolute atomic E-state index is 0.0735. The molecule has 0 atom stereocenters. The van der Waals surface area contributed by atoms with Gasteiger partial charge in [-0.15, -0.1) is 5.10 Å². The predicted molar refractivity (Wildman–Crippen MR) is 76.6 cm³/mol. The lowest BCUT2D eigenvalue weighted by Crippen LogP contribution is -2.04. The van der Waals surface area contributed by atoms with E-state index in [1.165, 1.54) is 16.9 Å². The number of halogens is 1. The molecule has 0 aliphatic carbocycles. The molecule has 1 N–H and O–H groups in total. The monoisotopic (exact) mass is 300 g/mol. The van der Waals surface area contributed by atoms with E-state index in [1.54, 1.807) is 30.3 Å². The molecule has 0 aliphatic rings. The number of carbonyl (C=O) groups is 1. The lowest BCUT2D eigenvalue weighted by atomic mass is 10.1. The zero-order valence-electron chi connectivity index (χ0n) is 10.6. The smallest absolute Gasteiger partial charge is 0.356 e. The third kappa shape index (κ3) is 2.61. The molecule has 3 rings (SSSR count). The van der Waals surface area contributed by atoms with Crippen LogP contribution in [0.1, 0.15) is 10.5 Å². The summed E-state index contributed by atoms with van der Waals surface area (Å²) in [5.74, 6) is -0.680. The summed E-state index contributed by atoms with van der Waals surface area (Å²) >= 11 is 5.99. The van der Waals surface area contributed by atoms with E-state index in [9.17, 15) is 4.79 Å². The molecule has 0 fully saturated rings. The Hall–Kier alpha value is -2.73. The highest BCUT2D eigenvalue weighted by Crippen LogP contribution is 2.25. The summed E-state index contributed by atoms with van der Waals surface area (Å²) in [7, 11) is 0. The molecule has 2 aromatic heterocycles. The molecule has 0 saturated heterocycles. The quantitative estimate of drug-likeness (QED) is 0.804. The van der Waals surface area contributed by atoms with Crippen molar-refractivity contribution in [3.8, 4) is 17.1 Å². The van der Waals surface area contributed by atoms with Crippen LogP contribution in [0.2, 0.25) is 5.02 Å². The Kier molecular flexibility index (Phi) is 3.37.